The van der Waals surface area contributed by atoms with E-state index in [4.69, 9.17) is 11.6 Å². The minimum Gasteiger partial charge on any atom is -0.277 e. The summed E-state index contributed by atoms with van der Waals surface area (Å²) in [5.74, 6) is -0.680. The van der Waals surface area contributed by atoms with Crippen molar-refractivity contribution in [3.63, 3.8) is 0 Å². The third-order valence-corrected chi connectivity index (χ3v) is 4.12. The molecular formula is C13H11ClFNO2S. The van der Waals surface area contributed by atoms with Crippen LogP contribution in [0.5, 0.6) is 0 Å². The topological polar surface area (TPSA) is 46.2 Å². The molecule has 0 atom stereocenters. The van der Waals surface area contributed by atoms with Gasteiger partial charge in [0.25, 0.3) is 10.0 Å². The number of benzene rings is 2. The number of anilines is 1. The van der Waals surface area contributed by atoms with Gasteiger partial charge in [0.2, 0.25) is 0 Å². The summed E-state index contributed by atoms with van der Waals surface area (Å²) in [6, 6.07) is 9.94. The van der Waals surface area contributed by atoms with Crippen LogP contribution >= 0.6 is 11.6 Å². The van der Waals surface area contributed by atoms with Crippen molar-refractivity contribution in [2.75, 3.05) is 4.72 Å². The first kappa shape index (κ1) is 13.8. The molecule has 0 radical (unpaired) electrons. The maximum atomic E-state index is 13.5. The van der Waals surface area contributed by atoms with Crippen LogP contribution in [0, 0.1) is 12.7 Å². The molecule has 0 aliphatic carbocycles. The minimum atomic E-state index is -3.82. The summed E-state index contributed by atoms with van der Waals surface area (Å²) in [7, 11) is -3.82. The number of nitrogens with one attached hydrogen (secondary N) is 1. The average molecular weight is 300 g/mol. The number of aryl methyl sites for hydroxylation is 1. The Morgan fingerprint density at radius 2 is 1.74 bits per heavy atom. The van der Waals surface area contributed by atoms with Crippen molar-refractivity contribution < 1.29 is 12.8 Å². The Bertz CT molecular complexity index is 699. The quantitative estimate of drug-likeness (QED) is 0.941. The van der Waals surface area contributed by atoms with Crippen molar-refractivity contribution in [2.24, 2.45) is 0 Å². The molecule has 0 saturated heterocycles. The SMILES string of the molecule is Cc1ccc(S(=O)(=O)Nc2cc(Cl)ccc2F)cc1. The van der Waals surface area contributed by atoms with Gasteiger partial charge in [-0.25, -0.2) is 12.8 Å². The van der Waals surface area contributed by atoms with Gasteiger partial charge in [-0.3, -0.25) is 4.72 Å². The Hall–Kier alpha value is -1.59. The van der Waals surface area contributed by atoms with Gasteiger partial charge in [-0.2, -0.15) is 0 Å². The second kappa shape index (κ2) is 5.19. The third-order valence-electron chi connectivity index (χ3n) is 2.50. The molecule has 0 aliphatic heterocycles. The van der Waals surface area contributed by atoms with Gasteiger partial charge in [0.1, 0.15) is 5.82 Å². The summed E-state index contributed by atoms with van der Waals surface area (Å²) in [5, 5.41) is 0.253. The lowest BCUT2D eigenvalue weighted by Gasteiger charge is -2.09. The number of halogens is 2. The Morgan fingerprint density at radius 3 is 2.37 bits per heavy atom. The highest BCUT2D eigenvalue weighted by molar-refractivity contribution is 7.92. The Kier molecular flexibility index (Phi) is 3.78. The van der Waals surface area contributed by atoms with Gasteiger partial charge < -0.3 is 0 Å². The maximum absolute atomic E-state index is 13.5. The first-order valence-electron chi connectivity index (χ1n) is 5.43. The van der Waals surface area contributed by atoms with E-state index in [-0.39, 0.29) is 15.6 Å². The van der Waals surface area contributed by atoms with Crippen molar-refractivity contribution in [3.8, 4) is 0 Å². The Balaban J connectivity index is 2.36. The molecule has 0 saturated carbocycles. The van der Waals surface area contributed by atoms with Crippen LogP contribution in [0.2, 0.25) is 5.02 Å². The fraction of sp³-hybridized carbons (Fsp3) is 0.0769. The molecule has 1 N–H and O–H groups in total. The van der Waals surface area contributed by atoms with E-state index in [9.17, 15) is 12.8 Å². The lowest BCUT2D eigenvalue weighted by atomic mass is 10.2. The largest absolute Gasteiger partial charge is 0.277 e. The normalized spacial score (nSPS) is 11.3. The standard InChI is InChI=1S/C13H11ClFNO2S/c1-9-2-5-11(6-3-9)19(17,18)16-13-8-10(14)4-7-12(13)15/h2-8,16H,1H3. The van der Waals surface area contributed by atoms with E-state index in [2.05, 4.69) is 4.72 Å². The molecule has 2 rings (SSSR count). The first-order chi connectivity index (χ1) is 8.88. The summed E-state index contributed by atoms with van der Waals surface area (Å²) in [6.45, 7) is 1.85. The van der Waals surface area contributed by atoms with Crippen molar-refractivity contribution >= 4 is 27.3 Å². The van der Waals surface area contributed by atoms with Crippen molar-refractivity contribution in [1.29, 1.82) is 0 Å². The van der Waals surface area contributed by atoms with Gasteiger partial charge in [0.05, 0.1) is 10.6 Å². The molecule has 3 nitrogen and oxygen atoms in total. The summed E-state index contributed by atoms with van der Waals surface area (Å²) >= 11 is 5.71. The lowest BCUT2D eigenvalue weighted by Crippen LogP contribution is -2.13. The van der Waals surface area contributed by atoms with Gasteiger partial charge in [0, 0.05) is 5.02 Å². The lowest BCUT2D eigenvalue weighted by molar-refractivity contribution is 0.598. The molecule has 0 aliphatic rings. The maximum Gasteiger partial charge on any atom is 0.261 e. The molecule has 0 unspecified atom stereocenters. The number of sulfonamides is 1. The molecule has 0 amide bonds. The number of hydrogen-bond acceptors (Lipinski definition) is 2. The summed E-state index contributed by atoms with van der Waals surface area (Å²) in [6.07, 6.45) is 0. The monoisotopic (exact) mass is 299 g/mol. The molecule has 6 heteroatoms. The van der Waals surface area contributed by atoms with Gasteiger partial charge in [-0.05, 0) is 37.3 Å². The highest BCUT2D eigenvalue weighted by atomic mass is 35.5. The van der Waals surface area contributed by atoms with Crippen LogP contribution in [0.25, 0.3) is 0 Å². The third kappa shape index (κ3) is 3.24. The van der Waals surface area contributed by atoms with Crippen molar-refractivity contribution in [3.05, 3.63) is 58.9 Å². The van der Waals surface area contributed by atoms with Crippen LogP contribution in [0.4, 0.5) is 10.1 Å². The predicted octanol–water partition coefficient (Wildman–Crippen LogP) is 3.59. The van der Waals surface area contributed by atoms with E-state index >= 15 is 0 Å². The predicted molar refractivity (Wildman–Crippen MR) is 73.4 cm³/mol. The van der Waals surface area contributed by atoms with Gasteiger partial charge >= 0.3 is 0 Å². The van der Waals surface area contributed by atoms with E-state index in [0.29, 0.717) is 0 Å². The molecule has 2 aromatic carbocycles. The molecular weight excluding hydrogens is 289 g/mol. The Morgan fingerprint density at radius 1 is 1.11 bits per heavy atom. The molecule has 0 bridgehead atoms. The van der Waals surface area contributed by atoms with Crippen LogP contribution in [0.1, 0.15) is 5.56 Å². The fourth-order valence-electron chi connectivity index (χ4n) is 1.50. The second-order valence-electron chi connectivity index (χ2n) is 4.04. The molecule has 0 aromatic heterocycles. The highest BCUT2D eigenvalue weighted by Gasteiger charge is 2.16. The van der Waals surface area contributed by atoms with Gasteiger partial charge in [-0.15, -0.1) is 0 Å². The Labute approximate surface area is 116 Å². The van der Waals surface area contributed by atoms with E-state index < -0.39 is 15.8 Å². The van der Waals surface area contributed by atoms with Crippen LogP contribution in [0.3, 0.4) is 0 Å². The van der Waals surface area contributed by atoms with Crippen LogP contribution < -0.4 is 4.72 Å². The van der Waals surface area contributed by atoms with E-state index in [0.717, 1.165) is 11.6 Å². The zero-order valence-electron chi connectivity index (χ0n) is 10.0. The first-order valence-corrected chi connectivity index (χ1v) is 7.29. The molecule has 2 aromatic rings. The average Bonchev–Trinajstić information content (AvgIpc) is 2.34. The number of hydrogen-bond donors (Lipinski definition) is 1. The molecule has 19 heavy (non-hydrogen) atoms. The van der Waals surface area contributed by atoms with E-state index in [1.165, 1.54) is 24.3 Å². The smallest absolute Gasteiger partial charge is 0.261 e. The fourth-order valence-corrected chi connectivity index (χ4v) is 2.73. The van der Waals surface area contributed by atoms with Gasteiger partial charge in [0.15, 0.2) is 0 Å². The minimum absolute atomic E-state index is 0.0671. The second-order valence-corrected chi connectivity index (χ2v) is 6.16. The summed E-state index contributed by atoms with van der Waals surface area (Å²) in [5.41, 5.74) is 0.765. The van der Waals surface area contributed by atoms with Crippen LogP contribution in [0.15, 0.2) is 47.4 Å². The molecule has 0 heterocycles. The van der Waals surface area contributed by atoms with Gasteiger partial charge in [-0.1, -0.05) is 29.3 Å². The van der Waals surface area contributed by atoms with E-state index in [1.54, 1.807) is 12.1 Å². The molecule has 0 spiro atoms. The molecule has 0 fully saturated rings. The zero-order chi connectivity index (χ0) is 14.0. The molecule has 100 valence electrons. The zero-order valence-corrected chi connectivity index (χ0v) is 11.6. The summed E-state index contributed by atoms with van der Waals surface area (Å²) in [4.78, 5) is 0.0671. The van der Waals surface area contributed by atoms with Crippen molar-refractivity contribution in [2.45, 2.75) is 11.8 Å². The number of rotatable bonds is 3. The van der Waals surface area contributed by atoms with E-state index in [1.807, 2.05) is 6.92 Å². The highest BCUT2D eigenvalue weighted by Crippen LogP contribution is 2.22. The van der Waals surface area contributed by atoms with Crippen LogP contribution in [-0.4, -0.2) is 8.42 Å². The van der Waals surface area contributed by atoms with Crippen molar-refractivity contribution in [1.82, 2.24) is 0 Å². The van der Waals surface area contributed by atoms with Crippen LogP contribution in [-0.2, 0) is 10.0 Å². The summed E-state index contributed by atoms with van der Waals surface area (Å²) < 4.78 is 39.8.